The summed E-state index contributed by atoms with van der Waals surface area (Å²) in [5, 5.41) is 0. The lowest BCUT2D eigenvalue weighted by molar-refractivity contribution is -0.142. The molecule has 1 aliphatic heterocycles. The number of hydrogen-bond acceptors (Lipinski definition) is 4. The first-order chi connectivity index (χ1) is 11.1. The van der Waals surface area contributed by atoms with Crippen LogP contribution in [0.25, 0.3) is 0 Å². The third-order valence-corrected chi connectivity index (χ3v) is 4.97. The van der Waals surface area contributed by atoms with Crippen LogP contribution in [0.15, 0.2) is 46.2 Å². The molecule has 0 amide bonds. The summed E-state index contributed by atoms with van der Waals surface area (Å²) in [7, 11) is 0. The number of anilines is 2. The number of rotatable bonds is 4. The molecule has 1 aliphatic rings. The molecular weight excluding hydrogens is 306 g/mol. The minimum absolute atomic E-state index is 0.145. The van der Waals surface area contributed by atoms with Crippen molar-refractivity contribution in [2.75, 3.05) is 18.1 Å². The monoisotopic (exact) mass is 327 g/mol. The number of nitrogens with zero attached hydrogens (tertiary/aromatic N) is 1. The molecule has 23 heavy (non-hydrogen) atoms. The second kappa shape index (κ2) is 6.67. The molecule has 0 fully saturated rings. The van der Waals surface area contributed by atoms with Gasteiger partial charge in [-0.25, -0.2) is 0 Å². The van der Waals surface area contributed by atoms with Crippen molar-refractivity contribution in [1.29, 1.82) is 0 Å². The predicted octanol–water partition coefficient (Wildman–Crippen LogP) is 4.86. The number of carbonyl (C=O) groups excluding carboxylic acids is 1. The van der Waals surface area contributed by atoms with Crippen LogP contribution in [0.4, 0.5) is 11.4 Å². The van der Waals surface area contributed by atoms with E-state index >= 15 is 0 Å². The van der Waals surface area contributed by atoms with Crippen LogP contribution in [0, 0.1) is 13.8 Å². The van der Waals surface area contributed by atoms with Crippen LogP contribution in [0.3, 0.4) is 0 Å². The summed E-state index contributed by atoms with van der Waals surface area (Å²) in [5.41, 5.74) is 4.83. The lowest BCUT2D eigenvalue weighted by Crippen LogP contribution is -2.24. The van der Waals surface area contributed by atoms with E-state index in [-0.39, 0.29) is 5.97 Å². The second-order valence-corrected chi connectivity index (χ2v) is 6.83. The van der Waals surface area contributed by atoms with Gasteiger partial charge in [-0.3, -0.25) is 4.79 Å². The largest absolute Gasteiger partial charge is 0.466 e. The summed E-state index contributed by atoms with van der Waals surface area (Å²) in [6.07, 6.45) is 0.388. The topological polar surface area (TPSA) is 29.5 Å². The van der Waals surface area contributed by atoms with Gasteiger partial charge in [-0.05, 0) is 56.2 Å². The summed E-state index contributed by atoms with van der Waals surface area (Å²) in [6, 6.07) is 13.0. The highest BCUT2D eigenvalue weighted by molar-refractivity contribution is 7.99. The van der Waals surface area contributed by atoms with E-state index in [4.69, 9.17) is 4.74 Å². The Balaban J connectivity index is 1.95. The van der Waals surface area contributed by atoms with E-state index in [9.17, 15) is 4.79 Å². The highest BCUT2D eigenvalue weighted by Crippen LogP contribution is 2.48. The van der Waals surface area contributed by atoms with Crippen molar-refractivity contribution in [2.24, 2.45) is 0 Å². The summed E-state index contributed by atoms with van der Waals surface area (Å²) in [6.45, 7) is 7.11. The number of carbonyl (C=O) groups is 1. The maximum absolute atomic E-state index is 11.8. The van der Waals surface area contributed by atoms with E-state index in [0.29, 0.717) is 19.6 Å². The lowest BCUT2D eigenvalue weighted by Gasteiger charge is -2.33. The van der Waals surface area contributed by atoms with Gasteiger partial charge < -0.3 is 9.64 Å². The van der Waals surface area contributed by atoms with Crippen LogP contribution in [0.5, 0.6) is 0 Å². The van der Waals surface area contributed by atoms with Crippen LogP contribution in [-0.4, -0.2) is 19.1 Å². The molecule has 3 nitrogen and oxygen atoms in total. The van der Waals surface area contributed by atoms with Gasteiger partial charge in [0.25, 0.3) is 0 Å². The highest BCUT2D eigenvalue weighted by atomic mass is 32.2. The minimum atomic E-state index is -0.145. The third kappa shape index (κ3) is 3.37. The minimum Gasteiger partial charge on any atom is -0.466 e. The summed E-state index contributed by atoms with van der Waals surface area (Å²) < 4.78 is 5.08. The van der Waals surface area contributed by atoms with Crippen molar-refractivity contribution >= 4 is 29.1 Å². The molecule has 1 heterocycles. The van der Waals surface area contributed by atoms with Crippen molar-refractivity contribution < 1.29 is 9.53 Å². The number of ether oxygens (including phenoxy) is 1. The molecule has 0 spiro atoms. The summed E-state index contributed by atoms with van der Waals surface area (Å²) >= 11 is 1.80. The van der Waals surface area contributed by atoms with Crippen molar-refractivity contribution in [3.8, 4) is 0 Å². The van der Waals surface area contributed by atoms with E-state index in [1.165, 1.54) is 32.3 Å². The Bertz CT molecular complexity index is 691. The van der Waals surface area contributed by atoms with Gasteiger partial charge in [0.05, 0.1) is 24.4 Å². The molecular formula is C19H21NO2S. The van der Waals surface area contributed by atoms with Gasteiger partial charge in [0, 0.05) is 16.3 Å². The van der Waals surface area contributed by atoms with Crippen molar-refractivity contribution in [1.82, 2.24) is 0 Å². The van der Waals surface area contributed by atoms with Gasteiger partial charge in [-0.15, -0.1) is 0 Å². The molecule has 0 radical (unpaired) electrons. The van der Waals surface area contributed by atoms with E-state index in [1.54, 1.807) is 11.8 Å². The first-order valence-corrected chi connectivity index (χ1v) is 8.72. The fraction of sp³-hybridized carbons (Fsp3) is 0.316. The van der Waals surface area contributed by atoms with Crippen molar-refractivity contribution in [3.05, 3.63) is 47.5 Å². The van der Waals surface area contributed by atoms with E-state index in [1.807, 2.05) is 6.92 Å². The molecule has 0 saturated heterocycles. The molecule has 0 atom stereocenters. The van der Waals surface area contributed by atoms with E-state index < -0.39 is 0 Å². The number of hydrogen-bond donors (Lipinski definition) is 0. The fourth-order valence-electron chi connectivity index (χ4n) is 2.78. The van der Waals surface area contributed by atoms with Gasteiger partial charge in [0.15, 0.2) is 0 Å². The SMILES string of the molecule is CCOC(=O)CCN1c2ccc(C)cc2Sc2cc(C)ccc21. The molecule has 0 saturated carbocycles. The average molecular weight is 327 g/mol. The van der Waals surface area contributed by atoms with Gasteiger partial charge in [0.1, 0.15) is 0 Å². The zero-order valence-corrected chi connectivity index (χ0v) is 14.6. The smallest absolute Gasteiger partial charge is 0.307 e. The van der Waals surface area contributed by atoms with E-state index in [0.717, 1.165) is 0 Å². The van der Waals surface area contributed by atoms with E-state index in [2.05, 4.69) is 55.1 Å². The molecule has 2 aromatic carbocycles. The fourth-order valence-corrected chi connectivity index (χ4v) is 4.07. The van der Waals surface area contributed by atoms with Crippen LogP contribution < -0.4 is 4.90 Å². The standard InChI is InChI=1S/C19H21NO2S/c1-4-22-19(21)9-10-20-15-7-5-13(2)11-17(15)23-18-12-14(3)6-8-16(18)20/h5-8,11-12H,4,9-10H2,1-3H3. The number of esters is 1. The maximum Gasteiger partial charge on any atom is 0.307 e. The molecule has 0 aromatic heterocycles. The molecule has 0 unspecified atom stereocenters. The average Bonchev–Trinajstić information content (AvgIpc) is 2.51. The Morgan fingerprint density at radius 1 is 1.04 bits per heavy atom. The van der Waals surface area contributed by atoms with Crippen molar-refractivity contribution in [3.63, 3.8) is 0 Å². The maximum atomic E-state index is 11.8. The Morgan fingerprint density at radius 3 is 2.13 bits per heavy atom. The van der Waals surface area contributed by atoms with Crippen LogP contribution in [0.2, 0.25) is 0 Å². The molecule has 120 valence electrons. The quantitative estimate of drug-likeness (QED) is 0.750. The van der Waals surface area contributed by atoms with Crippen LogP contribution in [0.1, 0.15) is 24.5 Å². The van der Waals surface area contributed by atoms with Gasteiger partial charge in [-0.2, -0.15) is 0 Å². The number of fused-ring (bicyclic) bond motifs is 2. The van der Waals surface area contributed by atoms with Gasteiger partial charge >= 0.3 is 5.97 Å². The van der Waals surface area contributed by atoms with Gasteiger partial charge in [-0.1, -0.05) is 23.9 Å². The number of benzene rings is 2. The van der Waals surface area contributed by atoms with Crippen molar-refractivity contribution in [2.45, 2.75) is 37.0 Å². The number of aryl methyl sites for hydroxylation is 2. The molecule has 0 N–H and O–H groups in total. The summed E-state index contributed by atoms with van der Waals surface area (Å²) in [5.74, 6) is -0.145. The molecule has 0 bridgehead atoms. The molecule has 2 aromatic rings. The summed E-state index contributed by atoms with van der Waals surface area (Å²) in [4.78, 5) is 16.5. The first-order valence-electron chi connectivity index (χ1n) is 7.91. The second-order valence-electron chi connectivity index (χ2n) is 5.75. The zero-order chi connectivity index (χ0) is 16.4. The third-order valence-electron chi connectivity index (χ3n) is 3.88. The zero-order valence-electron chi connectivity index (χ0n) is 13.8. The van der Waals surface area contributed by atoms with Crippen LogP contribution >= 0.6 is 11.8 Å². The molecule has 3 rings (SSSR count). The Hall–Kier alpha value is -1.94. The lowest BCUT2D eigenvalue weighted by atomic mass is 10.1. The van der Waals surface area contributed by atoms with Gasteiger partial charge in [0.2, 0.25) is 0 Å². The Kier molecular flexibility index (Phi) is 4.62. The molecule has 4 heteroatoms. The first kappa shape index (κ1) is 15.9. The predicted molar refractivity (Wildman–Crippen MR) is 94.7 cm³/mol. The Labute approximate surface area is 141 Å². The Morgan fingerprint density at radius 2 is 1.61 bits per heavy atom. The van der Waals surface area contributed by atoms with Crippen LogP contribution in [-0.2, 0) is 9.53 Å². The normalized spacial score (nSPS) is 12.6. The highest BCUT2D eigenvalue weighted by Gasteiger charge is 2.24. The molecule has 0 aliphatic carbocycles.